The van der Waals surface area contributed by atoms with Crippen molar-refractivity contribution in [2.45, 2.75) is 12.3 Å². The van der Waals surface area contributed by atoms with Gasteiger partial charge < -0.3 is 15.7 Å². The highest BCUT2D eigenvalue weighted by Crippen LogP contribution is 2.38. The average molecular weight is 435 g/mol. The van der Waals surface area contributed by atoms with E-state index < -0.39 is 11.9 Å². The molecule has 22 heavy (non-hydrogen) atoms. The van der Waals surface area contributed by atoms with Crippen LogP contribution in [0.4, 0.5) is 5.69 Å². The molecule has 0 radical (unpaired) electrons. The van der Waals surface area contributed by atoms with E-state index in [0.29, 0.717) is 6.54 Å². The molecule has 2 aliphatic heterocycles. The van der Waals surface area contributed by atoms with E-state index in [1.54, 1.807) is 0 Å². The molecule has 0 aromatic heterocycles. The second kappa shape index (κ2) is 6.97. The molecule has 7 heteroatoms. The molecule has 1 aromatic carbocycles. The zero-order valence-electron chi connectivity index (χ0n) is 11.6. The van der Waals surface area contributed by atoms with E-state index in [9.17, 15) is 14.7 Å². The van der Waals surface area contributed by atoms with Crippen LogP contribution in [0, 0.1) is 9.49 Å². The molecule has 0 saturated carbocycles. The SMILES string of the molecule is Cl.O=C(O)C1=CNc2ccc(I)cc2C1C(=O)C1CCNC1. The fourth-order valence-corrected chi connectivity index (χ4v) is 3.45. The first-order valence-corrected chi connectivity index (χ1v) is 7.89. The van der Waals surface area contributed by atoms with E-state index in [4.69, 9.17) is 0 Å². The summed E-state index contributed by atoms with van der Waals surface area (Å²) in [6.07, 6.45) is 2.22. The summed E-state index contributed by atoms with van der Waals surface area (Å²) in [7, 11) is 0. The predicted octanol–water partition coefficient (Wildman–Crippen LogP) is 2.37. The van der Waals surface area contributed by atoms with Crippen molar-refractivity contribution in [3.05, 3.63) is 39.1 Å². The number of halogens is 2. The number of rotatable bonds is 3. The molecule has 5 nitrogen and oxygen atoms in total. The van der Waals surface area contributed by atoms with E-state index in [2.05, 4.69) is 33.2 Å². The lowest BCUT2D eigenvalue weighted by molar-refractivity contribution is -0.134. The molecule has 2 heterocycles. The van der Waals surface area contributed by atoms with Gasteiger partial charge in [0.25, 0.3) is 0 Å². The van der Waals surface area contributed by atoms with Gasteiger partial charge in [-0.1, -0.05) is 0 Å². The van der Waals surface area contributed by atoms with Crippen molar-refractivity contribution >= 4 is 52.4 Å². The average Bonchev–Trinajstić information content (AvgIpc) is 2.99. The van der Waals surface area contributed by atoms with Gasteiger partial charge in [0.15, 0.2) is 0 Å². The first kappa shape index (κ1) is 17.2. The molecule has 3 rings (SSSR count). The Labute approximate surface area is 148 Å². The molecule has 0 aliphatic carbocycles. The summed E-state index contributed by atoms with van der Waals surface area (Å²) in [4.78, 5) is 24.3. The molecule has 0 amide bonds. The summed E-state index contributed by atoms with van der Waals surface area (Å²) >= 11 is 2.17. The number of carbonyl (C=O) groups is 2. The quantitative estimate of drug-likeness (QED) is 0.637. The number of anilines is 1. The van der Waals surface area contributed by atoms with Crippen molar-refractivity contribution in [3.63, 3.8) is 0 Å². The normalized spacial score (nSPS) is 22.9. The maximum Gasteiger partial charge on any atom is 0.334 e. The highest BCUT2D eigenvalue weighted by Gasteiger charge is 2.38. The number of carbonyl (C=O) groups excluding carboxylic acids is 1. The summed E-state index contributed by atoms with van der Waals surface area (Å²) in [6, 6.07) is 5.72. The van der Waals surface area contributed by atoms with Gasteiger partial charge in [0.1, 0.15) is 5.78 Å². The first-order chi connectivity index (χ1) is 10.1. The largest absolute Gasteiger partial charge is 0.478 e. The van der Waals surface area contributed by atoms with Gasteiger partial charge >= 0.3 is 5.97 Å². The number of fused-ring (bicyclic) bond motifs is 1. The fraction of sp³-hybridized carbons (Fsp3) is 0.333. The molecular formula is C15H16ClIN2O3. The second-order valence-electron chi connectivity index (χ2n) is 5.31. The lowest BCUT2D eigenvalue weighted by atomic mass is 9.80. The third-order valence-electron chi connectivity index (χ3n) is 4.01. The van der Waals surface area contributed by atoms with Gasteiger partial charge in [-0.15, -0.1) is 12.4 Å². The summed E-state index contributed by atoms with van der Waals surface area (Å²) in [5.41, 5.74) is 1.70. The van der Waals surface area contributed by atoms with Gasteiger partial charge in [0.2, 0.25) is 0 Å². The maximum atomic E-state index is 12.8. The summed E-state index contributed by atoms with van der Waals surface area (Å²) in [6.45, 7) is 1.45. The number of hydrogen-bond acceptors (Lipinski definition) is 4. The Morgan fingerprint density at radius 3 is 2.73 bits per heavy atom. The summed E-state index contributed by atoms with van der Waals surface area (Å²) < 4.78 is 0.988. The smallest absolute Gasteiger partial charge is 0.334 e. The van der Waals surface area contributed by atoms with E-state index >= 15 is 0 Å². The number of Topliss-reactive ketones (excluding diaryl/α,β-unsaturated/α-hetero) is 1. The van der Waals surface area contributed by atoms with Gasteiger partial charge in [-0.25, -0.2) is 4.79 Å². The van der Waals surface area contributed by atoms with E-state index in [1.807, 2.05) is 18.2 Å². The molecule has 2 unspecified atom stereocenters. The van der Waals surface area contributed by atoms with Crippen molar-refractivity contribution in [1.29, 1.82) is 0 Å². The van der Waals surface area contributed by atoms with Crippen molar-refractivity contribution < 1.29 is 14.7 Å². The van der Waals surface area contributed by atoms with Crippen LogP contribution in [0.5, 0.6) is 0 Å². The number of aliphatic carboxylic acids is 1. The third-order valence-corrected chi connectivity index (χ3v) is 4.68. The molecule has 2 atom stereocenters. The molecule has 0 bridgehead atoms. The Balaban J connectivity index is 0.00000176. The van der Waals surface area contributed by atoms with Crippen LogP contribution in [-0.2, 0) is 9.59 Å². The molecule has 118 valence electrons. The van der Waals surface area contributed by atoms with Crippen LogP contribution in [0.2, 0.25) is 0 Å². The lowest BCUT2D eigenvalue weighted by Gasteiger charge is -2.26. The van der Waals surface area contributed by atoms with E-state index in [0.717, 1.165) is 27.8 Å². The van der Waals surface area contributed by atoms with Crippen LogP contribution in [-0.4, -0.2) is 29.9 Å². The minimum absolute atomic E-state index is 0. The fourth-order valence-electron chi connectivity index (χ4n) is 2.94. The predicted molar refractivity (Wildman–Crippen MR) is 94.5 cm³/mol. The highest BCUT2D eigenvalue weighted by atomic mass is 127. The number of benzene rings is 1. The number of nitrogens with one attached hydrogen (secondary N) is 2. The van der Waals surface area contributed by atoms with Crippen LogP contribution >= 0.6 is 35.0 Å². The van der Waals surface area contributed by atoms with Gasteiger partial charge in [-0.3, -0.25) is 4.79 Å². The van der Waals surface area contributed by atoms with Gasteiger partial charge in [0.05, 0.1) is 11.5 Å². The second-order valence-corrected chi connectivity index (χ2v) is 6.55. The van der Waals surface area contributed by atoms with Crippen LogP contribution < -0.4 is 10.6 Å². The molecule has 0 spiro atoms. The minimum Gasteiger partial charge on any atom is -0.478 e. The maximum absolute atomic E-state index is 12.8. The molecule has 1 aromatic rings. The van der Waals surface area contributed by atoms with Crippen LogP contribution in [0.1, 0.15) is 17.9 Å². The van der Waals surface area contributed by atoms with Crippen LogP contribution in [0.3, 0.4) is 0 Å². The Kier molecular flexibility index (Phi) is 5.46. The van der Waals surface area contributed by atoms with Crippen molar-refractivity contribution in [3.8, 4) is 0 Å². The van der Waals surface area contributed by atoms with Crippen molar-refractivity contribution in [2.24, 2.45) is 5.92 Å². The summed E-state index contributed by atoms with van der Waals surface area (Å²) in [5, 5.41) is 15.6. The van der Waals surface area contributed by atoms with Crippen LogP contribution in [0.15, 0.2) is 30.0 Å². The van der Waals surface area contributed by atoms with Gasteiger partial charge in [0, 0.05) is 27.9 Å². The van der Waals surface area contributed by atoms with E-state index in [1.165, 1.54) is 6.20 Å². The Bertz CT molecular complexity index is 642. The molecule has 1 saturated heterocycles. The van der Waals surface area contributed by atoms with Gasteiger partial charge in [-0.2, -0.15) is 0 Å². The lowest BCUT2D eigenvalue weighted by Crippen LogP contribution is -2.30. The topological polar surface area (TPSA) is 78.4 Å². The minimum atomic E-state index is -1.05. The number of hydrogen-bond donors (Lipinski definition) is 3. The molecule has 2 aliphatic rings. The Morgan fingerprint density at radius 1 is 1.32 bits per heavy atom. The summed E-state index contributed by atoms with van der Waals surface area (Å²) in [5.74, 6) is -1.84. The standard InChI is InChI=1S/C15H15IN2O3.ClH/c16-9-1-2-12-10(5-9)13(11(7-18-12)15(20)21)14(19)8-3-4-17-6-8;/h1-2,5,7-8,13,17-18H,3-4,6H2,(H,20,21);1H. The van der Waals surface area contributed by atoms with Crippen LogP contribution in [0.25, 0.3) is 0 Å². The number of carboxylic acid groups (broad SMARTS) is 1. The molecule has 3 N–H and O–H groups in total. The van der Waals surface area contributed by atoms with Crippen molar-refractivity contribution in [1.82, 2.24) is 5.32 Å². The molecular weight excluding hydrogens is 419 g/mol. The highest BCUT2D eigenvalue weighted by molar-refractivity contribution is 14.1. The number of ketones is 1. The Hall–Kier alpha value is -1.12. The Morgan fingerprint density at radius 2 is 2.09 bits per heavy atom. The zero-order valence-corrected chi connectivity index (χ0v) is 14.6. The van der Waals surface area contributed by atoms with E-state index in [-0.39, 0.29) is 29.7 Å². The van der Waals surface area contributed by atoms with Gasteiger partial charge in [-0.05, 0) is 59.3 Å². The first-order valence-electron chi connectivity index (χ1n) is 6.81. The monoisotopic (exact) mass is 434 g/mol. The zero-order chi connectivity index (χ0) is 15.0. The van der Waals surface area contributed by atoms with Crippen molar-refractivity contribution in [2.75, 3.05) is 18.4 Å². The molecule has 1 fully saturated rings. The third kappa shape index (κ3) is 3.13. The number of carboxylic acids is 1.